The Kier molecular flexibility index (Phi) is 6.11. The van der Waals surface area contributed by atoms with Gasteiger partial charge in [-0.25, -0.2) is 9.50 Å². The second-order valence-corrected chi connectivity index (χ2v) is 9.37. The van der Waals surface area contributed by atoms with Gasteiger partial charge in [-0.1, -0.05) is 24.8 Å². The van der Waals surface area contributed by atoms with Crippen molar-refractivity contribution in [2.45, 2.75) is 39.0 Å². The summed E-state index contributed by atoms with van der Waals surface area (Å²) in [6, 6.07) is 7.58. The molecule has 3 aromatic rings. The molecule has 2 amide bonds. The number of hydrogen-bond donors (Lipinski definition) is 2. The second-order valence-electron chi connectivity index (χ2n) is 9.37. The molecule has 1 fully saturated rings. The number of amides is 2. The fraction of sp³-hybridized carbons (Fsp3) is 0.333. The zero-order valence-electron chi connectivity index (χ0n) is 20.0. The van der Waals surface area contributed by atoms with E-state index in [2.05, 4.69) is 23.0 Å². The molecule has 3 N–H and O–H groups in total. The number of carbonyl (C=O) groups excluding carboxylic acids is 2. The van der Waals surface area contributed by atoms with Crippen LogP contribution in [0.5, 0.6) is 0 Å². The third-order valence-corrected chi connectivity index (χ3v) is 6.88. The van der Waals surface area contributed by atoms with Gasteiger partial charge in [0, 0.05) is 53.8 Å². The van der Waals surface area contributed by atoms with Crippen molar-refractivity contribution in [3.8, 4) is 11.3 Å². The number of rotatable bonds is 5. The third-order valence-electron chi connectivity index (χ3n) is 6.88. The molecule has 1 aromatic carbocycles. The van der Waals surface area contributed by atoms with E-state index in [1.807, 2.05) is 29.2 Å². The number of aromatic nitrogens is 3. The molecule has 0 saturated carbocycles. The van der Waals surface area contributed by atoms with Gasteiger partial charge in [-0.15, -0.1) is 0 Å². The summed E-state index contributed by atoms with van der Waals surface area (Å²) in [7, 11) is 0. The zero-order valence-corrected chi connectivity index (χ0v) is 20.0. The summed E-state index contributed by atoms with van der Waals surface area (Å²) >= 11 is 0. The van der Waals surface area contributed by atoms with Crippen LogP contribution in [-0.2, 0) is 9.59 Å². The first-order valence-electron chi connectivity index (χ1n) is 12.1. The predicted octanol–water partition coefficient (Wildman–Crippen LogP) is 4.30. The lowest BCUT2D eigenvalue weighted by Gasteiger charge is -2.26. The predicted molar refractivity (Wildman–Crippen MR) is 137 cm³/mol. The van der Waals surface area contributed by atoms with Gasteiger partial charge in [0.05, 0.1) is 0 Å². The maximum atomic E-state index is 12.9. The first kappa shape index (κ1) is 22.8. The molecule has 3 heterocycles. The van der Waals surface area contributed by atoms with Gasteiger partial charge in [0.2, 0.25) is 5.91 Å². The fourth-order valence-corrected chi connectivity index (χ4v) is 4.96. The number of carbonyl (C=O) groups is 2. The van der Waals surface area contributed by atoms with Gasteiger partial charge in [-0.2, -0.15) is 5.10 Å². The lowest BCUT2D eigenvalue weighted by molar-refractivity contribution is -0.134. The number of allylic oxidation sites excluding steroid dienone is 2. The maximum Gasteiger partial charge on any atom is 0.250 e. The average Bonchev–Trinajstić information content (AvgIpc) is 3.53. The van der Waals surface area contributed by atoms with Crippen molar-refractivity contribution in [3.63, 3.8) is 0 Å². The number of fused-ring (bicyclic) bond motifs is 1. The Labute approximate surface area is 204 Å². The van der Waals surface area contributed by atoms with Crippen molar-refractivity contribution < 1.29 is 9.59 Å². The fourth-order valence-electron chi connectivity index (χ4n) is 4.96. The van der Waals surface area contributed by atoms with Crippen LogP contribution in [0.3, 0.4) is 0 Å². The SMILES string of the molecule is C=C(C)C(=O)Nc1ccc(-c2nn3ccnc(N)c3c2C2=CC[C@H](C(=O)N3CCCC3)CC2)cc1. The largest absolute Gasteiger partial charge is 0.382 e. The third kappa shape index (κ3) is 4.43. The summed E-state index contributed by atoms with van der Waals surface area (Å²) in [5.74, 6) is 0.526. The van der Waals surface area contributed by atoms with Crippen LogP contribution in [0.25, 0.3) is 22.3 Å². The standard InChI is InChI=1S/C27H30N6O2/c1-17(2)26(34)30-21-11-9-19(10-12-21)23-22(24-25(28)29-13-16-33(24)31-23)18-5-7-20(8-6-18)27(35)32-14-3-4-15-32/h5,9-13,16,20H,1,3-4,6-8,14-15H2,2H3,(H2,28,29)(H,30,34)/t20-/m0/s1. The topological polar surface area (TPSA) is 106 Å². The quantitative estimate of drug-likeness (QED) is 0.541. The Bertz CT molecular complexity index is 1330. The summed E-state index contributed by atoms with van der Waals surface area (Å²) in [5.41, 5.74) is 12.0. The van der Waals surface area contributed by atoms with Crippen LogP contribution >= 0.6 is 0 Å². The van der Waals surface area contributed by atoms with E-state index in [9.17, 15) is 9.59 Å². The summed E-state index contributed by atoms with van der Waals surface area (Å²) in [6.07, 6.45) is 10.1. The molecule has 1 atom stereocenters. The van der Waals surface area contributed by atoms with Gasteiger partial charge >= 0.3 is 0 Å². The van der Waals surface area contributed by atoms with E-state index < -0.39 is 0 Å². The van der Waals surface area contributed by atoms with Gasteiger partial charge in [-0.3, -0.25) is 9.59 Å². The number of nitrogens with one attached hydrogen (secondary N) is 1. The van der Waals surface area contributed by atoms with Crippen molar-refractivity contribution >= 4 is 34.4 Å². The normalized spacial score (nSPS) is 17.9. The van der Waals surface area contributed by atoms with Crippen molar-refractivity contribution in [3.05, 3.63) is 60.5 Å². The molecule has 35 heavy (non-hydrogen) atoms. The number of hydrogen-bond acceptors (Lipinski definition) is 5. The van der Waals surface area contributed by atoms with E-state index in [4.69, 9.17) is 10.8 Å². The van der Waals surface area contributed by atoms with E-state index in [0.717, 1.165) is 66.7 Å². The molecule has 1 aliphatic carbocycles. The Morgan fingerprint density at radius 2 is 1.91 bits per heavy atom. The van der Waals surface area contributed by atoms with Crippen molar-refractivity contribution in [1.82, 2.24) is 19.5 Å². The minimum absolute atomic E-state index is 0.0359. The Balaban J connectivity index is 1.48. The molecule has 8 nitrogen and oxygen atoms in total. The van der Waals surface area contributed by atoms with Gasteiger partial charge in [0.1, 0.15) is 17.0 Å². The van der Waals surface area contributed by atoms with Gasteiger partial charge in [-0.05, 0) is 56.7 Å². The van der Waals surface area contributed by atoms with E-state index >= 15 is 0 Å². The molecular formula is C27H30N6O2. The van der Waals surface area contributed by atoms with E-state index in [1.54, 1.807) is 23.8 Å². The Morgan fingerprint density at radius 1 is 1.17 bits per heavy atom. The highest BCUT2D eigenvalue weighted by atomic mass is 16.2. The molecular weight excluding hydrogens is 440 g/mol. The molecule has 5 rings (SSSR count). The molecule has 0 unspecified atom stereocenters. The van der Waals surface area contributed by atoms with Gasteiger partial charge in [0.25, 0.3) is 5.91 Å². The molecule has 8 heteroatoms. The molecule has 0 bridgehead atoms. The second kappa shape index (κ2) is 9.37. The molecule has 1 aliphatic heterocycles. The monoisotopic (exact) mass is 470 g/mol. The Morgan fingerprint density at radius 3 is 2.57 bits per heavy atom. The highest BCUT2D eigenvalue weighted by Gasteiger charge is 2.30. The van der Waals surface area contributed by atoms with Crippen LogP contribution in [0.15, 0.2) is 54.9 Å². The first-order valence-corrected chi connectivity index (χ1v) is 12.1. The summed E-state index contributed by atoms with van der Waals surface area (Å²) < 4.78 is 1.77. The lowest BCUT2D eigenvalue weighted by atomic mass is 9.84. The maximum absolute atomic E-state index is 12.9. The molecule has 180 valence electrons. The molecule has 2 aliphatic rings. The Hall–Kier alpha value is -3.94. The molecule has 0 spiro atoms. The van der Waals surface area contributed by atoms with E-state index in [-0.39, 0.29) is 17.7 Å². The number of nitrogen functional groups attached to an aromatic ring is 1. The highest BCUT2D eigenvalue weighted by molar-refractivity contribution is 6.03. The number of anilines is 2. The summed E-state index contributed by atoms with van der Waals surface area (Å²) in [6.45, 7) is 7.12. The van der Waals surface area contributed by atoms with Crippen LogP contribution < -0.4 is 11.1 Å². The number of nitrogens with two attached hydrogens (primary N) is 1. The van der Waals surface area contributed by atoms with Crippen LogP contribution in [0, 0.1) is 5.92 Å². The van der Waals surface area contributed by atoms with E-state index in [0.29, 0.717) is 23.5 Å². The molecule has 1 saturated heterocycles. The molecule has 2 aromatic heterocycles. The van der Waals surface area contributed by atoms with Gasteiger partial charge < -0.3 is 16.0 Å². The van der Waals surface area contributed by atoms with Gasteiger partial charge in [0.15, 0.2) is 0 Å². The van der Waals surface area contributed by atoms with E-state index in [1.165, 1.54) is 0 Å². The molecule has 0 radical (unpaired) electrons. The first-order chi connectivity index (χ1) is 16.9. The van der Waals surface area contributed by atoms with Crippen LogP contribution in [-0.4, -0.2) is 44.4 Å². The number of benzene rings is 1. The van der Waals surface area contributed by atoms with Crippen LogP contribution in [0.2, 0.25) is 0 Å². The average molecular weight is 471 g/mol. The van der Waals surface area contributed by atoms with Crippen LogP contribution in [0.4, 0.5) is 11.5 Å². The van der Waals surface area contributed by atoms with Crippen LogP contribution in [0.1, 0.15) is 44.6 Å². The van der Waals surface area contributed by atoms with Crippen molar-refractivity contribution in [2.24, 2.45) is 5.92 Å². The minimum Gasteiger partial charge on any atom is -0.382 e. The zero-order chi connectivity index (χ0) is 24.5. The lowest BCUT2D eigenvalue weighted by Crippen LogP contribution is -2.34. The summed E-state index contributed by atoms with van der Waals surface area (Å²) in [5, 5.41) is 7.66. The van der Waals surface area contributed by atoms with Crippen molar-refractivity contribution in [1.29, 1.82) is 0 Å². The summed E-state index contributed by atoms with van der Waals surface area (Å²) in [4.78, 5) is 31.2. The smallest absolute Gasteiger partial charge is 0.250 e. The van der Waals surface area contributed by atoms with Crippen molar-refractivity contribution in [2.75, 3.05) is 24.1 Å². The number of nitrogens with zero attached hydrogens (tertiary/aromatic N) is 4. The highest BCUT2D eigenvalue weighted by Crippen LogP contribution is 2.40. The minimum atomic E-state index is -0.213. The number of likely N-dealkylation sites (tertiary alicyclic amines) is 1.